The molecule has 1 saturated heterocycles. The molecule has 1 aromatic carbocycles. The lowest BCUT2D eigenvalue weighted by Crippen LogP contribution is -2.09. The first-order chi connectivity index (χ1) is 7.40. The largest absolute Gasteiger partial charge is 0.330 e. The lowest BCUT2D eigenvalue weighted by Gasteiger charge is -2.22. The summed E-state index contributed by atoms with van der Waals surface area (Å²) >= 11 is 2.09. The quantitative estimate of drug-likeness (QED) is 0.849. The van der Waals surface area contributed by atoms with Gasteiger partial charge in [-0.05, 0) is 54.4 Å². The van der Waals surface area contributed by atoms with Crippen molar-refractivity contribution >= 4 is 11.8 Å². The maximum absolute atomic E-state index is 5.59. The zero-order chi connectivity index (χ0) is 10.5. The molecule has 1 heterocycles. The highest BCUT2D eigenvalue weighted by atomic mass is 32.2. The maximum atomic E-state index is 5.59. The van der Waals surface area contributed by atoms with E-state index in [0.29, 0.717) is 0 Å². The minimum Gasteiger partial charge on any atom is -0.330 e. The molecule has 0 bridgehead atoms. The summed E-state index contributed by atoms with van der Waals surface area (Å²) in [5.41, 5.74) is 8.51. The molecule has 0 aliphatic carbocycles. The van der Waals surface area contributed by atoms with Crippen molar-refractivity contribution in [3.63, 3.8) is 0 Å². The van der Waals surface area contributed by atoms with E-state index in [1.807, 2.05) is 0 Å². The molecule has 0 amide bonds. The first-order valence-electron chi connectivity index (χ1n) is 5.77. The summed E-state index contributed by atoms with van der Waals surface area (Å²) in [6, 6.07) is 9.00. The molecule has 1 aliphatic heterocycles. The molecule has 1 aromatic rings. The van der Waals surface area contributed by atoms with Gasteiger partial charge in [0.1, 0.15) is 0 Å². The highest BCUT2D eigenvalue weighted by molar-refractivity contribution is 7.99. The average Bonchev–Trinajstić information content (AvgIpc) is 2.31. The Morgan fingerprint density at radius 1 is 1.27 bits per heavy atom. The van der Waals surface area contributed by atoms with Crippen LogP contribution in [-0.4, -0.2) is 18.1 Å². The predicted molar refractivity (Wildman–Crippen MR) is 68.5 cm³/mol. The van der Waals surface area contributed by atoms with E-state index in [-0.39, 0.29) is 0 Å². The Labute approximate surface area is 96.4 Å². The number of rotatable bonds is 3. The molecule has 1 nitrogen and oxygen atoms in total. The van der Waals surface area contributed by atoms with E-state index in [2.05, 4.69) is 36.0 Å². The fourth-order valence-electron chi connectivity index (χ4n) is 2.20. The van der Waals surface area contributed by atoms with Crippen molar-refractivity contribution in [2.24, 2.45) is 5.73 Å². The molecular weight excluding hydrogens is 202 g/mol. The summed E-state index contributed by atoms with van der Waals surface area (Å²) in [5, 5.41) is 0. The topological polar surface area (TPSA) is 26.0 Å². The second-order valence-corrected chi connectivity index (χ2v) is 5.40. The molecule has 0 unspecified atom stereocenters. The van der Waals surface area contributed by atoms with Crippen molar-refractivity contribution in [2.75, 3.05) is 18.1 Å². The van der Waals surface area contributed by atoms with Crippen LogP contribution >= 0.6 is 11.8 Å². The Morgan fingerprint density at radius 3 is 2.80 bits per heavy atom. The molecular formula is C13H19NS. The highest BCUT2D eigenvalue weighted by Gasteiger charge is 2.15. The fraction of sp³-hybridized carbons (Fsp3) is 0.538. The minimum absolute atomic E-state index is 0.754. The van der Waals surface area contributed by atoms with Gasteiger partial charge in [-0.1, -0.05) is 24.3 Å². The zero-order valence-electron chi connectivity index (χ0n) is 9.11. The fourth-order valence-corrected chi connectivity index (χ4v) is 3.31. The monoisotopic (exact) mass is 221 g/mol. The molecule has 15 heavy (non-hydrogen) atoms. The molecule has 82 valence electrons. The van der Waals surface area contributed by atoms with Crippen LogP contribution in [0.4, 0.5) is 0 Å². The summed E-state index contributed by atoms with van der Waals surface area (Å²) in [6.07, 6.45) is 3.70. The van der Waals surface area contributed by atoms with Gasteiger partial charge in [-0.2, -0.15) is 11.8 Å². The van der Waals surface area contributed by atoms with E-state index in [1.54, 1.807) is 0 Å². The van der Waals surface area contributed by atoms with Crippen LogP contribution in [0.3, 0.4) is 0 Å². The number of hydrogen-bond donors (Lipinski definition) is 1. The molecule has 0 aromatic heterocycles. The number of thioether (sulfide) groups is 1. The van der Waals surface area contributed by atoms with Crippen LogP contribution in [0.25, 0.3) is 0 Å². The van der Waals surface area contributed by atoms with E-state index in [4.69, 9.17) is 5.73 Å². The average molecular weight is 221 g/mol. The van der Waals surface area contributed by atoms with E-state index in [0.717, 1.165) is 18.9 Å². The number of benzene rings is 1. The van der Waals surface area contributed by atoms with Crippen LogP contribution in [0.1, 0.15) is 29.9 Å². The molecule has 0 radical (unpaired) electrons. The van der Waals surface area contributed by atoms with Gasteiger partial charge in [-0.3, -0.25) is 0 Å². The summed E-state index contributed by atoms with van der Waals surface area (Å²) in [4.78, 5) is 0. The van der Waals surface area contributed by atoms with Gasteiger partial charge < -0.3 is 5.73 Å². The molecule has 0 saturated carbocycles. The third-order valence-corrected chi connectivity index (χ3v) is 4.13. The van der Waals surface area contributed by atoms with Crippen LogP contribution in [0.15, 0.2) is 24.3 Å². The summed E-state index contributed by atoms with van der Waals surface area (Å²) in [6.45, 7) is 0.754. The third-order valence-electron chi connectivity index (χ3n) is 3.08. The first-order valence-corrected chi connectivity index (χ1v) is 6.92. The van der Waals surface area contributed by atoms with Gasteiger partial charge in [0.2, 0.25) is 0 Å². The molecule has 0 spiro atoms. The van der Waals surface area contributed by atoms with Crippen molar-refractivity contribution in [1.82, 2.24) is 0 Å². The number of nitrogens with two attached hydrogens (primary N) is 1. The van der Waals surface area contributed by atoms with Gasteiger partial charge in [0.05, 0.1) is 0 Å². The van der Waals surface area contributed by atoms with Crippen LogP contribution in [0, 0.1) is 0 Å². The molecule has 0 atom stereocenters. The molecule has 2 N–H and O–H groups in total. The smallest absolute Gasteiger partial charge is 0.00367 e. The van der Waals surface area contributed by atoms with Crippen LogP contribution in [0.2, 0.25) is 0 Å². The second kappa shape index (κ2) is 5.57. The lowest BCUT2D eigenvalue weighted by molar-refractivity contribution is 0.636. The predicted octanol–water partition coefficient (Wildman–Crippen LogP) is 2.80. The van der Waals surface area contributed by atoms with Gasteiger partial charge in [-0.25, -0.2) is 0 Å². The van der Waals surface area contributed by atoms with E-state index >= 15 is 0 Å². The van der Waals surface area contributed by atoms with Crippen molar-refractivity contribution in [3.8, 4) is 0 Å². The molecule has 1 fully saturated rings. The van der Waals surface area contributed by atoms with Crippen LogP contribution < -0.4 is 5.73 Å². The minimum atomic E-state index is 0.754. The Hall–Kier alpha value is -0.470. The van der Waals surface area contributed by atoms with Gasteiger partial charge in [0, 0.05) is 0 Å². The zero-order valence-corrected chi connectivity index (χ0v) is 9.93. The first kappa shape index (κ1) is 11.0. The normalized spacial score (nSPS) is 17.9. The Balaban J connectivity index is 2.09. The Morgan fingerprint density at radius 2 is 2.07 bits per heavy atom. The number of hydrogen-bond acceptors (Lipinski definition) is 2. The lowest BCUT2D eigenvalue weighted by atomic mass is 9.92. The van der Waals surface area contributed by atoms with E-state index < -0.39 is 0 Å². The molecule has 1 aliphatic rings. The highest BCUT2D eigenvalue weighted by Crippen LogP contribution is 2.31. The van der Waals surface area contributed by atoms with Crippen molar-refractivity contribution in [3.05, 3.63) is 35.4 Å². The van der Waals surface area contributed by atoms with Gasteiger partial charge in [-0.15, -0.1) is 0 Å². The summed E-state index contributed by atoms with van der Waals surface area (Å²) in [7, 11) is 0. The third kappa shape index (κ3) is 2.99. The van der Waals surface area contributed by atoms with Crippen molar-refractivity contribution < 1.29 is 0 Å². The van der Waals surface area contributed by atoms with Gasteiger partial charge in [0.15, 0.2) is 0 Å². The maximum Gasteiger partial charge on any atom is -0.00367 e. The van der Waals surface area contributed by atoms with Crippen LogP contribution in [-0.2, 0) is 6.42 Å². The SMILES string of the molecule is NCCc1cccc(C2CCSCC2)c1. The molecule has 2 heteroatoms. The van der Waals surface area contributed by atoms with Gasteiger partial charge >= 0.3 is 0 Å². The van der Waals surface area contributed by atoms with Gasteiger partial charge in [0.25, 0.3) is 0 Å². The van der Waals surface area contributed by atoms with Crippen LogP contribution in [0.5, 0.6) is 0 Å². The van der Waals surface area contributed by atoms with Crippen molar-refractivity contribution in [2.45, 2.75) is 25.2 Å². The second-order valence-electron chi connectivity index (χ2n) is 4.17. The molecule has 2 rings (SSSR count). The van der Waals surface area contributed by atoms with E-state index in [9.17, 15) is 0 Å². The van der Waals surface area contributed by atoms with Crippen molar-refractivity contribution in [1.29, 1.82) is 0 Å². The summed E-state index contributed by atoms with van der Waals surface area (Å²) in [5.74, 6) is 3.45. The Kier molecular flexibility index (Phi) is 4.09. The van der Waals surface area contributed by atoms with E-state index in [1.165, 1.54) is 35.5 Å². The standard InChI is InChI=1S/C13H19NS/c14-7-4-11-2-1-3-13(10-11)12-5-8-15-9-6-12/h1-3,10,12H,4-9,14H2. The summed E-state index contributed by atoms with van der Waals surface area (Å²) < 4.78 is 0. The Bertz CT molecular complexity index is 305.